The Morgan fingerprint density at radius 3 is 2.83 bits per heavy atom. The van der Waals surface area contributed by atoms with Crippen molar-refractivity contribution >= 4 is 16.5 Å². The molecular weight excluding hydrogens is 249 g/mol. The highest BCUT2D eigenvalue weighted by Crippen LogP contribution is 2.25. The first-order valence-corrected chi connectivity index (χ1v) is 6.53. The van der Waals surface area contributed by atoms with E-state index in [1.165, 1.54) is 6.07 Å². The lowest BCUT2D eigenvalue weighted by Gasteiger charge is -2.15. The van der Waals surface area contributed by atoms with Crippen molar-refractivity contribution in [3.8, 4) is 0 Å². The van der Waals surface area contributed by atoms with E-state index in [0.717, 1.165) is 21.3 Å². The Labute approximate surface area is 110 Å². The third kappa shape index (κ3) is 2.86. The summed E-state index contributed by atoms with van der Waals surface area (Å²) in [5.74, 6) is -0.209. The van der Waals surface area contributed by atoms with Gasteiger partial charge in [-0.05, 0) is 24.6 Å². The van der Waals surface area contributed by atoms with Crippen LogP contribution in [-0.2, 0) is 13.1 Å². The third-order valence-corrected chi connectivity index (χ3v) is 4.00. The van der Waals surface area contributed by atoms with Crippen LogP contribution in [0.1, 0.15) is 16.1 Å². The summed E-state index contributed by atoms with van der Waals surface area (Å²) >= 11 is 1.59. The summed E-state index contributed by atoms with van der Waals surface area (Å²) in [6, 6.07) is 6.62. The second-order valence-corrected chi connectivity index (χ2v) is 5.26. The molecule has 0 fully saturated rings. The van der Waals surface area contributed by atoms with Crippen LogP contribution in [0.15, 0.2) is 24.3 Å². The minimum Gasteiger partial charge on any atom is -0.347 e. The number of nitrogens with two attached hydrogens (primary N) is 1. The molecule has 5 heteroatoms. The van der Waals surface area contributed by atoms with Gasteiger partial charge in [-0.3, -0.25) is 0 Å². The first-order valence-electron chi connectivity index (χ1n) is 5.72. The molecule has 2 aromatic rings. The number of anilines is 1. The first-order chi connectivity index (χ1) is 8.60. The van der Waals surface area contributed by atoms with E-state index in [9.17, 15) is 4.39 Å². The van der Waals surface area contributed by atoms with Gasteiger partial charge in [-0.25, -0.2) is 9.37 Å². The fourth-order valence-electron chi connectivity index (χ4n) is 1.74. The molecule has 0 saturated carbocycles. The van der Waals surface area contributed by atoms with Crippen LogP contribution in [0.3, 0.4) is 0 Å². The lowest BCUT2D eigenvalue weighted by molar-refractivity contribution is 0.625. The largest absolute Gasteiger partial charge is 0.347 e. The van der Waals surface area contributed by atoms with Crippen LogP contribution in [0.5, 0.6) is 0 Å². The maximum Gasteiger partial charge on any atom is 0.185 e. The number of aryl methyl sites for hydroxylation is 1. The SMILES string of the molecule is Cc1nc(N(C)Cc2cccc(F)c2)sc1CN. The monoisotopic (exact) mass is 265 g/mol. The van der Waals surface area contributed by atoms with E-state index in [2.05, 4.69) is 4.98 Å². The van der Waals surface area contributed by atoms with Crippen molar-refractivity contribution < 1.29 is 4.39 Å². The molecule has 0 aliphatic rings. The first kappa shape index (κ1) is 13.0. The van der Waals surface area contributed by atoms with Gasteiger partial charge in [0, 0.05) is 25.0 Å². The summed E-state index contributed by atoms with van der Waals surface area (Å²) in [6.07, 6.45) is 0. The average molecular weight is 265 g/mol. The molecule has 0 radical (unpaired) electrons. The summed E-state index contributed by atoms with van der Waals surface area (Å²) in [4.78, 5) is 7.57. The Kier molecular flexibility index (Phi) is 3.93. The molecule has 0 saturated heterocycles. The van der Waals surface area contributed by atoms with Crippen molar-refractivity contribution in [1.29, 1.82) is 0 Å². The zero-order valence-electron chi connectivity index (χ0n) is 10.5. The molecule has 1 heterocycles. The van der Waals surface area contributed by atoms with Gasteiger partial charge in [-0.1, -0.05) is 12.1 Å². The van der Waals surface area contributed by atoms with E-state index in [-0.39, 0.29) is 5.82 Å². The van der Waals surface area contributed by atoms with Gasteiger partial charge in [0.15, 0.2) is 5.13 Å². The summed E-state index contributed by atoms with van der Waals surface area (Å²) in [6.45, 7) is 3.10. The van der Waals surface area contributed by atoms with E-state index in [0.29, 0.717) is 13.1 Å². The Balaban J connectivity index is 2.13. The number of nitrogens with zero attached hydrogens (tertiary/aromatic N) is 2. The zero-order valence-corrected chi connectivity index (χ0v) is 11.3. The maximum atomic E-state index is 13.1. The molecule has 1 aromatic heterocycles. The molecule has 0 aliphatic heterocycles. The summed E-state index contributed by atoms with van der Waals surface area (Å²) in [5, 5.41) is 0.914. The molecule has 1 aromatic carbocycles. The molecule has 0 spiro atoms. The average Bonchev–Trinajstić information content (AvgIpc) is 2.70. The van der Waals surface area contributed by atoms with Gasteiger partial charge in [-0.15, -0.1) is 11.3 Å². The van der Waals surface area contributed by atoms with Gasteiger partial charge in [0.1, 0.15) is 5.82 Å². The molecule has 0 amide bonds. The van der Waals surface area contributed by atoms with Gasteiger partial charge in [0.25, 0.3) is 0 Å². The quantitative estimate of drug-likeness (QED) is 0.924. The lowest BCUT2D eigenvalue weighted by Crippen LogP contribution is -2.16. The highest BCUT2D eigenvalue weighted by molar-refractivity contribution is 7.15. The predicted molar refractivity (Wildman–Crippen MR) is 73.2 cm³/mol. The molecular formula is C13H16FN3S. The number of benzene rings is 1. The summed E-state index contributed by atoms with van der Waals surface area (Å²) in [5.41, 5.74) is 7.54. The van der Waals surface area contributed by atoms with Gasteiger partial charge < -0.3 is 10.6 Å². The van der Waals surface area contributed by atoms with E-state index in [1.54, 1.807) is 23.5 Å². The second kappa shape index (κ2) is 5.46. The summed E-state index contributed by atoms with van der Waals surface area (Å²) in [7, 11) is 1.95. The van der Waals surface area contributed by atoms with Gasteiger partial charge in [-0.2, -0.15) is 0 Å². The number of aromatic nitrogens is 1. The molecule has 2 rings (SSSR count). The molecule has 96 valence electrons. The normalized spacial score (nSPS) is 10.7. The molecule has 0 aliphatic carbocycles. The standard InChI is InChI=1S/C13H16FN3S/c1-9-12(7-15)18-13(16-9)17(2)8-10-4-3-5-11(14)6-10/h3-6H,7-8,15H2,1-2H3. The molecule has 3 nitrogen and oxygen atoms in total. The minimum atomic E-state index is -0.209. The van der Waals surface area contributed by atoms with E-state index >= 15 is 0 Å². The van der Waals surface area contributed by atoms with Crippen molar-refractivity contribution in [3.63, 3.8) is 0 Å². The van der Waals surface area contributed by atoms with Crippen LogP contribution in [0.25, 0.3) is 0 Å². The number of rotatable bonds is 4. The smallest absolute Gasteiger partial charge is 0.185 e. The van der Waals surface area contributed by atoms with Crippen LogP contribution in [0.4, 0.5) is 9.52 Å². The van der Waals surface area contributed by atoms with Gasteiger partial charge in [0.05, 0.1) is 5.69 Å². The Morgan fingerprint density at radius 2 is 2.22 bits per heavy atom. The van der Waals surface area contributed by atoms with E-state index in [4.69, 9.17) is 5.73 Å². The maximum absolute atomic E-state index is 13.1. The van der Waals surface area contributed by atoms with Crippen LogP contribution in [0.2, 0.25) is 0 Å². The highest BCUT2D eigenvalue weighted by Gasteiger charge is 2.10. The molecule has 2 N–H and O–H groups in total. The van der Waals surface area contributed by atoms with Crippen molar-refractivity contribution in [2.24, 2.45) is 5.73 Å². The van der Waals surface area contributed by atoms with Crippen molar-refractivity contribution in [2.45, 2.75) is 20.0 Å². The molecule has 0 unspecified atom stereocenters. The van der Waals surface area contributed by atoms with E-state index in [1.807, 2.05) is 24.9 Å². The van der Waals surface area contributed by atoms with Crippen molar-refractivity contribution in [1.82, 2.24) is 4.98 Å². The topological polar surface area (TPSA) is 42.2 Å². The van der Waals surface area contributed by atoms with Gasteiger partial charge in [0.2, 0.25) is 0 Å². The molecule has 0 bridgehead atoms. The number of thiazole rings is 1. The lowest BCUT2D eigenvalue weighted by atomic mass is 10.2. The number of hydrogen-bond donors (Lipinski definition) is 1. The minimum absolute atomic E-state index is 0.209. The van der Waals surface area contributed by atoms with E-state index < -0.39 is 0 Å². The molecule has 0 atom stereocenters. The fraction of sp³-hybridized carbons (Fsp3) is 0.308. The van der Waals surface area contributed by atoms with Crippen LogP contribution >= 0.6 is 11.3 Å². The Hall–Kier alpha value is -1.46. The van der Waals surface area contributed by atoms with Crippen molar-refractivity contribution in [2.75, 3.05) is 11.9 Å². The third-order valence-electron chi connectivity index (χ3n) is 2.70. The number of hydrogen-bond acceptors (Lipinski definition) is 4. The predicted octanol–water partition coefficient (Wildman–Crippen LogP) is 2.69. The molecule has 18 heavy (non-hydrogen) atoms. The highest BCUT2D eigenvalue weighted by atomic mass is 32.1. The fourth-order valence-corrected chi connectivity index (χ4v) is 2.64. The number of halogens is 1. The Bertz CT molecular complexity index is 539. The second-order valence-electron chi connectivity index (χ2n) is 4.20. The van der Waals surface area contributed by atoms with Crippen LogP contribution in [0, 0.1) is 12.7 Å². The zero-order chi connectivity index (χ0) is 13.1. The van der Waals surface area contributed by atoms with Crippen LogP contribution in [-0.4, -0.2) is 12.0 Å². The van der Waals surface area contributed by atoms with Crippen LogP contribution < -0.4 is 10.6 Å². The Morgan fingerprint density at radius 1 is 1.44 bits per heavy atom. The van der Waals surface area contributed by atoms with Crippen molar-refractivity contribution in [3.05, 3.63) is 46.2 Å². The van der Waals surface area contributed by atoms with Gasteiger partial charge >= 0.3 is 0 Å². The summed E-state index contributed by atoms with van der Waals surface area (Å²) < 4.78 is 13.1.